The van der Waals surface area contributed by atoms with Crippen LogP contribution < -0.4 is 9.64 Å². The third-order valence-corrected chi connectivity index (χ3v) is 14.4. The molecule has 3 aromatic heterocycles. The van der Waals surface area contributed by atoms with Crippen molar-refractivity contribution in [3.8, 4) is 17.0 Å². The number of pyridine rings is 1. The SMILES string of the molecule is C[Si](C)(C)CCOCN(COCC[Si](C)(C)C)c1c(I)c(C2CC3CCC(C2)N3C(=O)O)nc2c(-c3ccc(OCC4CC4)nc3)cnn12. The molecule has 3 aromatic rings. The van der Waals surface area contributed by atoms with Gasteiger partial charge < -0.3 is 29.1 Å². The van der Waals surface area contributed by atoms with Crippen molar-refractivity contribution in [3.63, 3.8) is 0 Å². The normalized spacial score (nSPS) is 21.0. The fourth-order valence-corrected chi connectivity index (χ4v) is 9.46. The minimum absolute atomic E-state index is 0.0150. The van der Waals surface area contributed by atoms with Crippen LogP contribution in [0.1, 0.15) is 50.1 Å². The van der Waals surface area contributed by atoms with Crippen molar-refractivity contribution < 1.29 is 24.1 Å². The summed E-state index contributed by atoms with van der Waals surface area (Å²) in [5, 5.41) is 14.9. The number of carboxylic acid groups (broad SMARTS) is 1. The second-order valence-corrected chi connectivity index (χ2v) is 28.9. The summed E-state index contributed by atoms with van der Waals surface area (Å²) in [6.07, 6.45) is 8.71. The molecule has 11 nitrogen and oxygen atoms in total. The molecule has 2 aliphatic heterocycles. The average Bonchev–Trinajstić information content (AvgIpc) is 3.71. The molecule has 2 atom stereocenters. The predicted molar refractivity (Wildman–Crippen MR) is 206 cm³/mol. The standard InChI is InChI=1S/C35H53IN6O5Si2/c1-48(2,3)15-13-45-22-40(23-46-14-16-49(4,5)6)34-31(36)32(26-17-27-10-11-28(18-26)41(27)35(43)44)39-33-29(20-38-42(33)34)25-9-12-30(37-19-25)47-21-24-7-8-24/h9,12,19-20,24,26-28H,7-8,10-11,13-18,21-23H2,1-6H3,(H,43,44). The third kappa shape index (κ3) is 9.15. The van der Waals surface area contributed by atoms with Crippen LogP contribution >= 0.6 is 22.6 Å². The van der Waals surface area contributed by atoms with Gasteiger partial charge in [0.2, 0.25) is 5.88 Å². The molecule has 1 amide bonds. The van der Waals surface area contributed by atoms with Crippen molar-refractivity contribution in [3.05, 3.63) is 33.8 Å². The molecule has 0 aromatic carbocycles. The van der Waals surface area contributed by atoms with E-state index in [9.17, 15) is 9.90 Å². The highest BCUT2D eigenvalue weighted by Crippen LogP contribution is 2.45. The summed E-state index contributed by atoms with van der Waals surface area (Å²) in [7, 11) is -2.55. The molecule has 0 radical (unpaired) electrons. The van der Waals surface area contributed by atoms with Gasteiger partial charge in [-0.3, -0.25) is 0 Å². The molecule has 14 heteroatoms. The van der Waals surface area contributed by atoms with Crippen LogP contribution in [0, 0.1) is 9.49 Å². The van der Waals surface area contributed by atoms with Crippen LogP contribution in [0.5, 0.6) is 5.88 Å². The zero-order valence-corrected chi connectivity index (χ0v) is 34.1. The number of ether oxygens (including phenoxy) is 3. The van der Waals surface area contributed by atoms with E-state index >= 15 is 0 Å². The maximum Gasteiger partial charge on any atom is 0.407 e. The number of piperidine rings is 1. The number of anilines is 1. The first-order valence-electron chi connectivity index (χ1n) is 17.9. The van der Waals surface area contributed by atoms with Crippen molar-refractivity contribution >= 4 is 56.3 Å². The van der Waals surface area contributed by atoms with Gasteiger partial charge in [-0.05, 0) is 85.2 Å². The first-order valence-corrected chi connectivity index (χ1v) is 26.3. The maximum absolute atomic E-state index is 12.1. The molecule has 268 valence electrons. The van der Waals surface area contributed by atoms with Gasteiger partial charge in [-0.1, -0.05) is 39.3 Å². The second kappa shape index (κ2) is 15.1. The molecule has 2 saturated heterocycles. The minimum atomic E-state index is -1.27. The van der Waals surface area contributed by atoms with Crippen molar-refractivity contribution in [1.29, 1.82) is 0 Å². The predicted octanol–water partition coefficient (Wildman–Crippen LogP) is 8.00. The van der Waals surface area contributed by atoms with Crippen molar-refractivity contribution in [1.82, 2.24) is 24.5 Å². The van der Waals surface area contributed by atoms with E-state index in [1.165, 1.54) is 12.8 Å². The Morgan fingerprint density at radius 3 is 2.12 bits per heavy atom. The zero-order chi connectivity index (χ0) is 34.9. The molecule has 3 aliphatic rings. The summed E-state index contributed by atoms with van der Waals surface area (Å²) < 4.78 is 21.6. The van der Waals surface area contributed by atoms with E-state index in [1.807, 2.05) is 29.0 Å². The summed E-state index contributed by atoms with van der Waals surface area (Å²) in [4.78, 5) is 26.0. The van der Waals surface area contributed by atoms with E-state index in [1.54, 1.807) is 4.90 Å². The van der Waals surface area contributed by atoms with E-state index in [-0.39, 0.29) is 18.0 Å². The third-order valence-electron chi connectivity index (χ3n) is 9.93. The highest BCUT2D eigenvalue weighted by atomic mass is 127. The van der Waals surface area contributed by atoms with Gasteiger partial charge in [0.1, 0.15) is 13.5 Å². The van der Waals surface area contributed by atoms with Crippen molar-refractivity contribution in [2.24, 2.45) is 5.92 Å². The fourth-order valence-electron chi connectivity index (χ4n) is 6.81. The number of hydrogen-bond acceptors (Lipinski definition) is 8. The Hall–Kier alpha value is -2.28. The Bertz CT molecular complexity index is 1570. The Kier molecular flexibility index (Phi) is 11.3. The van der Waals surface area contributed by atoms with E-state index in [0.29, 0.717) is 45.1 Å². The molecule has 1 aliphatic carbocycles. The topological polar surface area (TPSA) is 115 Å². The molecule has 0 spiro atoms. The zero-order valence-electron chi connectivity index (χ0n) is 30.0. The molecule has 1 N–H and O–H groups in total. The van der Waals surface area contributed by atoms with E-state index in [0.717, 1.165) is 69.6 Å². The lowest BCUT2D eigenvalue weighted by atomic mass is 9.88. The van der Waals surface area contributed by atoms with E-state index < -0.39 is 22.2 Å². The van der Waals surface area contributed by atoms with E-state index in [2.05, 4.69) is 71.8 Å². The van der Waals surface area contributed by atoms with Crippen LogP contribution in [-0.2, 0) is 9.47 Å². The highest BCUT2D eigenvalue weighted by Gasteiger charge is 2.45. The molecular weight excluding hydrogens is 767 g/mol. The Balaban J connectivity index is 1.37. The van der Waals surface area contributed by atoms with Gasteiger partial charge in [0.05, 0.1) is 22.1 Å². The number of carbonyl (C=O) groups is 1. The molecule has 1 saturated carbocycles. The highest BCUT2D eigenvalue weighted by molar-refractivity contribution is 14.1. The monoisotopic (exact) mass is 820 g/mol. The number of hydrogen-bond donors (Lipinski definition) is 1. The van der Waals surface area contributed by atoms with Gasteiger partial charge in [-0.25, -0.2) is 14.8 Å². The number of fused-ring (bicyclic) bond motifs is 3. The molecule has 2 bridgehead atoms. The molecule has 49 heavy (non-hydrogen) atoms. The number of halogens is 1. The average molecular weight is 821 g/mol. The Labute approximate surface area is 306 Å². The molecule has 2 unspecified atom stereocenters. The van der Waals surface area contributed by atoms with Crippen LogP contribution in [-0.4, -0.2) is 97.2 Å². The quantitative estimate of drug-likeness (QED) is 0.0665. The molecular formula is C35H53IN6O5Si2. The summed E-state index contributed by atoms with van der Waals surface area (Å²) >= 11 is 2.43. The first kappa shape index (κ1) is 36.5. The first-order chi connectivity index (χ1) is 23.3. The molecule has 6 rings (SSSR count). The summed E-state index contributed by atoms with van der Waals surface area (Å²) in [6, 6.07) is 6.15. The lowest BCUT2D eigenvalue weighted by Gasteiger charge is -2.37. The van der Waals surface area contributed by atoms with Gasteiger partial charge in [0.15, 0.2) is 11.5 Å². The van der Waals surface area contributed by atoms with Gasteiger partial charge in [0, 0.05) is 70.8 Å². The van der Waals surface area contributed by atoms with Gasteiger partial charge in [0.25, 0.3) is 0 Å². The molecule has 5 heterocycles. The van der Waals surface area contributed by atoms with Gasteiger partial charge >= 0.3 is 6.09 Å². The largest absolute Gasteiger partial charge is 0.477 e. The Morgan fingerprint density at radius 1 is 0.959 bits per heavy atom. The van der Waals surface area contributed by atoms with Gasteiger partial charge in [-0.2, -0.15) is 9.61 Å². The lowest BCUT2D eigenvalue weighted by molar-refractivity contribution is 0.0931. The van der Waals surface area contributed by atoms with Crippen molar-refractivity contribution in [2.45, 2.75) is 108 Å². The smallest absolute Gasteiger partial charge is 0.407 e. The second-order valence-electron chi connectivity index (χ2n) is 16.5. The Morgan fingerprint density at radius 2 is 1.59 bits per heavy atom. The number of nitrogens with zero attached hydrogens (tertiary/aromatic N) is 6. The van der Waals surface area contributed by atoms with Crippen molar-refractivity contribution in [2.75, 3.05) is 38.2 Å². The summed E-state index contributed by atoms with van der Waals surface area (Å²) in [5.74, 6) is 2.32. The fraction of sp³-hybridized carbons (Fsp3) is 0.657. The summed E-state index contributed by atoms with van der Waals surface area (Å²) in [6.45, 7) is 17.0. The lowest BCUT2D eigenvalue weighted by Crippen LogP contribution is -2.45. The maximum atomic E-state index is 12.1. The minimum Gasteiger partial charge on any atom is -0.477 e. The number of rotatable bonds is 16. The van der Waals surface area contributed by atoms with Crippen LogP contribution in [0.3, 0.4) is 0 Å². The van der Waals surface area contributed by atoms with Gasteiger partial charge in [-0.15, -0.1) is 0 Å². The van der Waals surface area contributed by atoms with Crippen LogP contribution in [0.2, 0.25) is 51.4 Å². The van der Waals surface area contributed by atoms with E-state index in [4.69, 9.17) is 24.3 Å². The summed E-state index contributed by atoms with van der Waals surface area (Å²) in [5.41, 5.74) is 3.56. The number of amides is 1. The van der Waals surface area contributed by atoms with Crippen LogP contribution in [0.25, 0.3) is 16.8 Å². The van der Waals surface area contributed by atoms with Crippen LogP contribution in [0.4, 0.5) is 10.6 Å². The molecule has 3 fully saturated rings. The van der Waals surface area contributed by atoms with Crippen LogP contribution in [0.15, 0.2) is 24.5 Å². The number of aromatic nitrogens is 4.